The Morgan fingerprint density at radius 3 is 2.57 bits per heavy atom. The second kappa shape index (κ2) is 6.04. The van der Waals surface area contributed by atoms with Crippen molar-refractivity contribution in [3.63, 3.8) is 0 Å². The summed E-state index contributed by atoms with van der Waals surface area (Å²) >= 11 is 0. The van der Waals surface area contributed by atoms with Gasteiger partial charge in [0.15, 0.2) is 0 Å². The first-order chi connectivity index (χ1) is 10.0. The Labute approximate surface area is 121 Å². The predicted octanol–water partition coefficient (Wildman–Crippen LogP) is 3.20. The molecule has 0 heterocycles. The van der Waals surface area contributed by atoms with E-state index in [1.54, 1.807) is 13.1 Å². The third kappa shape index (κ3) is 3.36. The second-order valence-corrected chi connectivity index (χ2v) is 4.56. The highest BCUT2D eigenvalue weighted by atomic mass is 16.6. The van der Waals surface area contributed by atoms with Crippen LogP contribution in [-0.2, 0) is 0 Å². The van der Waals surface area contributed by atoms with Crippen molar-refractivity contribution in [2.75, 3.05) is 17.7 Å². The molecule has 0 bridgehead atoms. The standard InChI is InChI=1S/C15H15N3O3/c1-10-4-3-5-11(8-10)17-15(19)13-9-12(18(20)21)6-7-14(13)16-2/h3-9,16H,1-2H3,(H,17,19). The number of nitro benzene ring substituents is 1. The quantitative estimate of drug-likeness (QED) is 0.667. The van der Waals surface area contributed by atoms with Crippen molar-refractivity contribution in [2.45, 2.75) is 6.92 Å². The molecule has 2 rings (SSSR count). The number of carbonyl (C=O) groups is 1. The first-order valence-corrected chi connectivity index (χ1v) is 6.35. The molecule has 0 aromatic heterocycles. The molecule has 0 saturated carbocycles. The number of carbonyl (C=O) groups excluding carboxylic acids is 1. The van der Waals surface area contributed by atoms with Crippen LogP contribution in [0.25, 0.3) is 0 Å². The van der Waals surface area contributed by atoms with E-state index in [4.69, 9.17) is 0 Å². The first kappa shape index (κ1) is 14.5. The molecule has 0 aliphatic carbocycles. The lowest BCUT2D eigenvalue weighted by atomic mass is 10.1. The summed E-state index contributed by atoms with van der Waals surface area (Å²) in [6, 6.07) is 11.5. The van der Waals surface area contributed by atoms with Crippen LogP contribution in [0.4, 0.5) is 17.1 Å². The summed E-state index contributed by atoms with van der Waals surface area (Å²) < 4.78 is 0. The molecule has 0 atom stereocenters. The number of rotatable bonds is 4. The van der Waals surface area contributed by atoms with E-state index in [1.807, 2.05) is 25.1 Å². The maximum atomic E-state index is 12.3. The monoisotopic (exact) mass is 285 g/mol. The molecule has 108 valence electrons. The van der Waals surface area contributed by atoms with Gasteiger partial charge in [-0.3, -0.25) is 14.9 Å². The molecule has 21 heavy (non-hydrogen) atoms. The minimum atomic E-state index is -0.525. The Kier molecular flexibility index (Phi) is 4.18. The van der Waals surface area contributed by atoms with Crippen LogP contribution in [-0.4, -0.2) is 17.9 Å². The van der Waals surface area contributed by atoms with Crippen LogP contribution < -0.4 is 10.6 Å². The molecule has 0 fully saturated rings. The molecule has 0 aliphatic heterocycles. The van der Waals surface area contributed by atoms with Crippen molar-refractivity contribution in [2.24, 2.45) is 0 Å². The molecular formula is C15H15N3O3. The number of anilines is 2. The molecule has 6 heteroatoms. The van der Waals surface area contributed by atoms with Gasteiger partial charge >= 0.3 is 0 Å². The molecule has 2 aromatic rings. The first-order valence-electron chi connectivity index (χ1n) is 6.35. The molecule has 1 amide bonds. The third-order valence-corrected chi connectivity index (χ3v) is 3.00. The second-order valence-electron chi connectivity index (χ2n) is 4.56. The summed E-state index contributed by atoms with van der Waals surface area (Å²) in [5, 5.41) is 16.4. The summed E-state index contributed by atoms with van der Waals surface area (Å²) in [6.45, 7) is 1.92. The third-order valence-electron chi connectivity index (χ3n) is 3.00. The molecule has 0 unspecified atom stereocenters. The van der Waals surface area contributed by atoms with Crippen molar-refractivity contribution >= 4 is 23.0 Å². The van der Waals surface area contributed by atoms with Gasteiger partial charge in [-0.05, 0) is 30.7 Å². The maximum absolute atomic E-state index is 12.3. The van der Waals surface area contributed by atoms with Crippen molar-refractivity contribution < 1.29 is 9.72 Å². The van der Waals surface area contributed by atoms with Gasteiger partial charge in [0.1, 0.15) is 0 Å². The van der Waals surface area contributed by atoms with Crippen LogP contribution in [0.2, 0.25) is 0 Å². The number of nitrogens with one attached hydrogen (secondary N) is 2. The lowest BCUT2D eigenvalue weighted by Crippen LogP contribution is -2.14. The molecule has 0 spiro atoms. The summed E-state index contributed by atoms with van der Waals surface area (Å²) in [6.07, 6.45) is 0. The van der Waals surface area contributed by atoms with E-state index >= 15 is 0 Å². The molecule has 0 saturated heterocycles. The molecular weight excluding hydrogens is 270 g/mol. The van der Waals surface area contributed by atoms with Gasteiger partial charge in [0, 0.05) is 30.6 Å². The van der Waals surface area contributed by atoms with Gasteiger partial charge in [0.2, 0.25) is 0 Å². The largest absolute Gasteiger partial charge is 0.387 e. The number of amides is 1. The molecule has 0 aliphatic rings. The van der Waals surface area contributed by atoms with Gasteiger partial charge in [-0.2, -0.15) is 0 Å². The Morgan fingerprint density at radius 1 is 1.19 bits per heavy atom. The highest BCUT2D eigenvalue weighted by molar-refractivity contribution is 6.08. The SMILES string of the molecule is CNc1ccc([N+](=O)[O-])cc1C(=O)Nc1cccc(C)c1. The fourth-order valence-electron chi connectivity index (χ4n) is 1.97. The smallest absolute Gasteiger partial charge is 0.270 e. The average Bonchev–Trinajstić information content (AvgIpc) is 2.46. The highest BCUT2D eigenvalue weighted by Gasteiger charge is 2.16. The maximum Gasteiger partial charge on any atom is 0.270 e. The molecule has 2 aromatic carbocycles. The van der Waals surface area contributed by atoms with E-state index in [0.29, 0.717) is 11.4 Å². The Morgan fingerprint density at radius 2 is 1.95 bits per heavy atom. The molecule has 6 nitrogen and oxygen atoms in total. The van der Waals surface area contributed by atoms with Crippen LogP contribution in [0, 0.1) is 17.0 Å². The van der Waals surface area contributed by atoms with Crippen LogP contribution in [0.5, 0.6) is 0 Å². The van der Waals surface area contributed by atoms with E-state index in [0.717, 1.165) is 5.56 Å². The van der Waals surface area contributed by atoms with Gasteiger partial charge in [-0.15, -0.1) is 0 Å². The van der Waals surface area contributed by atoms with Crippen LogP contribution >= 0.6 is 0 Å². The van der Waals surface area contributed by atoms with Crippen molar-refractivity contribution in [1.82, 2.24) is 0 Å². The van der Waals surface area contributed by atoms with E-state index in [-0.39, 0.29) is 11.3 Å². The minimum Gasteiger partial charge on any atom is -0.387 e. The average molecular weight is 285 g/mol. The topological polar surface area (TPSA) is 84.3 Å². The normalized spacial score (nSPS) is 10.0. The number of aryl methyl sites for hydroxylation is 1. The lowest BCUT2D eigenvalue weighted by Gasteiger charge is -2.10. The van der Waals surface area contributed by atoms with E-state index in [9.17, 15) is 14.9 Å². The number of nitrogens with zero attached hydrogens (tertiary/aromatic N) is 1. The number of nitro groups is 1. The number of hydrogen-bond donors (Lipinski definition) is 2. The highest BCUT2D eigenvalue weighted by Crippen LogP contribution is 2.23. The van der Waals surface area contributed by atoms with Crippen molar-refractivity contribution in [1.29, 1.82) is 0 Å². The Bertz CT molecular complexity index is 698. The van der Waals surface area contributed by atoms with Crippen LogP contribution in [0.3, 0.4) is 0 Å². The van der Waals surface area contributed by atoms with Crippen molar-refractivity contribution in [3.8, 4) is 0 Å². The minimum absolute atomic E-state index is 0.122. The Balaban J connectivity index is 2.33. The summed E-state index contributed by atoms with van der Waals surface area (Å²) in [4.78, 5) is 22.6. The van der Waals surface area contributed by atoms with Gasteiger partial charge in [-0.25, -0.2) is 0 Å². The van der Waals surface area contributed by atoms with Crippen molar-refractivity contribution in [3.05, 3.63) is 63.7 Å². The van der Waals surface area contributed by atoms with Crippen LogP contribution in [0.15, 0.2) is 42.5 Å². The van der Waals surface area contributed by atoms with Gasteiger partial charge in [-0.1, -0.05) is 12.1 Å². The fourth-order valence-corrected chi connectivity index (χ4v) is 1.97. The van der Waals surface area contributed by atoms with E-state index < -0.39 is 10.8 Å². The van der Waals surface area contributed by atoms with E-state index in [1.165, 1.54) is 18.2 Å². The summed E-state index contributed by atoms with van der Waals surface area (Å²) in [5.41, 5.74) is 2.30. The lowest BCUT2D eigenvalue weighted by molar-refractivity contribution is -0.384. The predicted molar refractivity (Wildman–Crippen MR) is 81.8 cm³/mol. The van der Waals surface area contributed by atoms with Crippen LogP contribution in [0.1, 0.15) is 15.9 Å². The molecule has 2 N–H and O–H groups in total. The zero-order valence-corrected chi connectivity index (χ0v) is 11.7. The summed E-state index contributed by atoms with van der Waals surface area (Å²) in [7, 11) is 1.66. The zero-order valence-electron chi connectivity index (χ0n) is 11.7. The van der Waals surface area contributed by atoms with Gasteiger partial charge in [0.05, 0.1) is 10.5 Å². The van der Waals surface area contributed by atoms with Gasteiger partial charge in [0.25, 0.3) is 11.6 Å². The number of non-ortho nitro benzene ring substituents is 1. The number of benzene rings is 2. The molecule has 0 radical (unpaired) electrons. The van der Waals surface area contributed by atoms with Gasteiger partial charge < -0.3 is 10.6 Å². The number of hydrogen-bond acceptors (Lipinski definition) is 4. The zero-order chi connectivity index (χ0) is 15.4. The fraction of sp³-hybridized carbons (Fsp3) is 0.133. The Hall–Kier alpha value is -2.89. The summed E-state index contributed by atoms with van der Waals surface area (Å²) in [5.74, 6) is -0.395. The van der Waals surface area contributed by atoms with E-state index in [2.05, 4.69) is 10.6 Å².